The van der Waals surface area contributed by atoms with E-state index in [9.17, 15) is 4.79 Å². The van der Waals surface area contributed by atoms with Crippen molar-refractivity contribution in [1.29, 1.82) is 0 Å². The first kappa shape index (κ1) is 14.2. The predicted octanol–water partition coefficient (Wildman–Crippen LogP) is 1.71. The Bertz CT molecular complexity index is 410. The summed E-state index contributed by atoms with van der Waals surface area (Å²) in [6.07, 6.45) is 0.134. The van der Waals surface area contributed by atoms with Gasteiger partial charge in [0.25, 0.3) is 0 Å². The number of anilines is 1. The molecule has 6 nitrogen and oxygen atoms in total. The Balaban J connectivity index is 2.58. The lowest BCUT2D eigenvalue weighted by molar-refractivity contribution is -0.137. The molecule has 1 aromatic heterocycles. The van der Waals surface area contributed by atoms with Crippen LogP contribution in [0.3, 0.4) is 0 Å². The summed E-state index contributed by atoms with van der Waals surface area (Å²) in [5.41, 5.74) is 0. The second kappa shape index (κ2) is 6.78. The summed E-state index contributed by atoms with van der Waals surface area (Å²) in [6.45, 7) is 6.64. The molecular formula is C12H19N3O3. The fraction of sp³-hybridized carbons (Fsp3) is 0.583. The number of aryl methyl sites for hydroxylation is 1. The summed E-state index contributed by atoms with van der Waals surface area (Å²) < 4.78 is 5.31. The SMILES string of the molecule is CCOc1cc(NCC(C)CC(=O)O)nc(C)n1. The minimum atomic E-state index is -0.793. The molecule has 0 fully saturated rings. The fourth-order valence-electron chi connectivity index (χ4n) is 1.50. The van der Waals surface area contributed by atoms with E-state index in [1.165, 1.54) is 0 Å². The van der Waals surface area contributed by atoms with Crippen LogP contribution in [-0.2, 0) is 4.79 Å². The third-order valence-corrected chi connectivity index (χ3v) is 2.26. The number of aromatic nitrogens is 2. The molecule has 0 aromatic carbocycles. The molecule has 2 N–H and O–H groups in total. The molecule has 1 unspecified atom stereocenters. The molecule has 0 radical (unpaired) electrons. The van der Waals surface area contributed by atoms with Crippen molar-refractivity contribution in [1.82, 2.24) is 9.97 Å². The van der Waals surface area contributed by atoms with Crippen LogP contribution in [0, 0.1) is 12.8 Å². The van der Waals surface area contributed by atoms with Crippen molar-refractivity contribution in [3.05, 3.63) is 11.9 Å². The maximum atomic E-state index is 10.5. The van der Waals surface area contributed by atoms with E-state index in [1.807, 2.05) is 13.8 Å². The summed E-state index contributed by atoms with van der Waals surface area (Å²) >= 11 is 0. The van der Waals surface area contributed by atoms with Crippen molar-refractivity contribution in [2.45, 2.75) is 27.2 Å². The van der Waals surface area contributed by atoms with Gasteiger partial charge in [0.1, 0.15) is 11.6 Å². The first-order valence-electron chi connectivity index (χ1n) is 5.95. The van der Waals surface area contributed by atoms with E-state index in [-0.39, 0.29) is 12.3 Å². The average molecular weight is 253 g/mol. The lowest BCUT2D eigenvalue weighted by Crippen LogP contribution is -2.16. The van der Waals surface area contributed by atoms with Crippen molar-refractivity contribution in [2.24, 2.45) is 5.92 Å². The van der Waals surface area contributed by atoms with Gasteiger partial charge in [0.05, 0.1) is 6.61 Å². The summed E-state index contributed by atoms with van der Waals surface area (Å²) in [5.74, 6) is 1.04. The molecule has 0 saturated heterocycles. The van der Waals surface area contributed by atoms with Gasteiger partial charge in [0.15, 0.2) is 0 Å². The van der Waals surface area contributed by atoms with Crippen molar-refractivity contribution in [3.8, 4) is 5.88 Å². The van der Waals surface area contributed by atoms with Gasteiger partial charge < -0.3 is 15.2 Å². The molecule has 1 atom stereocenters. The van der Waals surface area contributed by atoms with Gasteiger partial charge in [-0.15, -0.1) is 0 Å². The number of hydrogen-bond donors (Lipinski definition) is 2. The third-order valence-electron chi connectivity index (χ3n) is 2.26. The highest BCUT2D eigenvalue weighted by molar-refractivity contribution is 5.67. The van der Waals surface area contributed by atoms with Crippen LogP contribution in [-0.4, -0.2) is 34.2 Å². The first-order chi connectivity index (χ1) is 8.51. The van der Waals surface area contributed by atoms with Gasteiger partial charge in [-0.05, 0) is 19.8 Å². The summed E-state index contributed by atoms with van der Waals surface area (Å²) in [6, 6.07) is 1.71. The van der Waals surface area contributed by atoms with Crippen LogP contribution in [0.15, 0.2) is 6.07 Å². The van der Waals surface area contributed by atoms with Crippen molar-refractivity contribution in [2.75, 3.05) is 18.5 Å². The first-order valence-corrected chi connectivity index (χ1v) is 5.95. The Hall–Kier alpha value is -1.85. The molecule has 1 heterocycles. The molecular weight excluding hydrogens is 234 g/mol. The number of aliphatic carboxylic acids is 1. The molecule has 0 bridgehead atoms. The zero-order chi connectivity index (χ0) is 13.5. The lowest BCUT2D eigenvalue weighted by atomic mass is 10.1. The van der Waals surface area contributed by atoms with Gasteiger partial charge in [-0.2, -0.15) is 4.98 Å². The van der Waals surface area contributed by atoms with Crippen LogP contribution < -0.4 is 10.1 Å². The van der Waals surface area contributed by atoms with Crippen LogP contribution in [0.2, 0.25) is 0 Å². The number of nitrogens with one attached hydrogen (secondary N) is 1. The van der Waals surface area contributed by atoms with E-state index < -0.39 is 5.97 Å². The Morgan fingerprint density at radius 3 is 2.89 bits per heavy atom. The van der Waals surface area contributed by atoms with Gasteiger partial charge in [0.2, 0.25) is 5.88 Å². The minimum absolute atomic E-state index is 0.0355. The topological polar surface area (TPSA) is 84.3 Å². The Morgan fingerprint density at radius 1 is 1.56 bits per heavy atom. The largest absolute Gasteiger partial charge is 0.481 e. The van der Waals surface area contributed by atoms with Gasteiger partial charge in [-0.3, -0.25) is 4.79 Å². The molecule has 0 aliphatic rings. The zero-order valence-electron chi connectivity index (χ0n) is 10.9. The van der Waals surface area contributed by atoms with Crippen LogP contribution in [0.5, 0.6) is 5.88 Å². The van der Waals surface area contributed by atoms with E-state index in [2.05, 4.69) is 15.3 Å². The number of hydrogen-bond acceptors (Lipinski definition) is 5. The minimum Gasteiger partial charge on any atom is -0.481 e. The summed E-state index contributed by atoms with van der Waals surface area (Å²) in [7, 11) is 0. The normalized spacial score (nSPS) is 11.9. The molecule has 0 aliphatic carbocycles. The Morgan fingerprint density at radius 2 is 2.28 bits per heavy atom. The molecule has 0 aliphatic heterocycles. The molecule has 0 saturated carbocycles. The molecule has 6 heteroatoms. The van der Waals surface area contributed by atoms with Crippen molar-refractivity contribution >= 4 is 11.8 Å². The highest BCUT2D eigenvalue weighted by Crippen LogP contribution is 2.14. The van der Waals surface area contributed by atoms with Gasteiger partial charge in [-0.25, -0.2) is 4.98 Å². The zero-order valence-corrected chi connectivity index (χ0v) is 10.9. The fourth-order valence-corrected chi connectivity index (χ4v) is 1.50. The van der Waals surface area contributed by atoms with Crippen molar-refractivity contribution in [3.63, 3.8) is 0 Å². The average Bonchev–Trinajstić information content (AvgIpc) is 2.25. The standard InChI is InChI=1S/C12H19N3O3/c1-4-18-11-6-10(14-9(3)15-11)13-7-8(2)5-12(16)17/h6,8H,4-5,7H2,1-3H3,(H,16,17)(H,13,14,15). The molecule has 100 valence electrons. The Labute approximate surface area is 106 Å². The smallest absolute Gasteiger partial charge is 0.303 e. The van der Waals surface area contributed by atoms with Crippen LogP contribution in [0.4, 0.5) is 5.82 Å². The summed E-state index contributed by atoms with van der Waals surface area (Å²) in [4.78, 5) is 18.9. The quantitative estimate of drug-likeness (QED) is 0.769. The summed E-state index contributed by atoms with van der Waals surface area (Å²) in [5, 5.41) is 11.8. The Kier molecular flexibility index (Phi) is 5.35. The molecule has 0 spiro atoms. The maximum Gasteiger partial charge on any atom is 0.303 e. The second-order valence-corrected chi connectivity index (χ2v) is 4.16. The second-order valence-electron chi connectivity index (χ2n) is 4.16. The van der Waals surface area contributed by atoms with Gasteiger partial charge >= 0.3 is 5.97 Å². The molecule has 0 amide bonds. The monoisotopic (exact) mass is 253 g/mol. The van der Waals surface area contributed by atoms with Gasteiger partial charge in [-0.1, -0.05) is 6.92 Å². The number of carbonyl (C=O) groups is 1. The van der Waals surface area contributed by atoms with Crippen molar-refractivity contribution < 1.29 is 14.6 Å². The van der Waals surface area contributed by atoms with E-state index >= 15 is 0 Å². The van der Waals surface area contributed by atoms with E-state index in [1.54, 1.807) is 13.0 Å². The van der Waals surface area contributed by atoms with E-state index in [0.717, 1.165) is 0 Å². The number of nitrogens with zero attached hydrogens (tertiary/aromatic N) is 2. The lowest BCUT2D eigenvalue weighted by Gasteiger charge is -2.12. The van der Waals surface area contributed by atoms with Crippen LogP contribution in [0.1, 0.15) is 26.1 Å². The number of rotatable bonds is 7. The van der Waals surface area contributed by atoms with E-state index in [4.69, 9.17) is 9.84 Å². The van der Waals surface area contributed by atoms with Crippen LogP contribution in [0.25, 0.3) is 0 Å². The number of ether oxygens (including phenoxy) is 1. The maximum absolute atomic E-state index is 10.5. The highest BCUT2D eigenvalue weighted by Gasteiger charge is 2.08. The predicted molar refractivity (Wildman–Crippen MR) is 67.8 cm³/mol. The van der Waals surface area contributed by atoms with Crippen LogP contribution >= 0.6 is 0 Å². The molecule has 1 rings (SSSR count). The van der Waals surface area contributed by atoms with Gasteiger partial charge in [0, 0.05) is 19.0 Å². The number of carboxylic acid groups (broad SMARTS) is 1. The number of carboxylic acids is 1. The third kappa shape index (κ3) is 4.99. The highest BCUT2D eigenvalue weighted by atomic mass is 16.5. The molecule has 18 heavy (non-hydrogen) atoms. The van der Waals surface area contributed by atoms with E-state index in [0.29, 0.717) is 30.7 Å². The molecule has 1 aromatic rings.